The minimum Gasteiger partial charge on any atom is -0.335 e. The summed E-state index contributed by atoms with van der Waals surface area (Å²) in [5, 5.41) is 0.121. The molecular weight excluding hydrogens is 225 g/mol. The van der Waals surface area contributed by atoms with E-state index in [1.165, 1.54) is 12.1 Å². The van der Waals surface area contributed by atoms with Gasteiger partial charge in [-0.3, -0.25) is 4.79 Å². The minimum absolute atomic E-state index is 0.00903. The SMILES string of the molecule is CC(c1ccc(F)cc1)N1CC(S)CC1=O. The number of amides is 1. The Bertz CT molecular complexity index is 393. The largest absolute Gasteiger partial charge is 0.335 e. The maximum absolute atomic E-state index is 12.8. The van der Waals surface area contributed by atoms with Gasteiger partial charge < -0.3 is 4.90 Å². The van der Waals surface area contributed by atoms with Crippen LogP contribution in [0.3, 0.4) is 0 Å². The summed E-state index contributed by atoms with van der Waals surface area (Å²) in [5.74, 6) is -0.132. The van der Waals surface area contributed by atoms with Gasteiger partial charge in [0, 0.05) is 18.2 Å². The molecule has 0 N–H and O–H groups in total. The Kier molecular flexibility index (Phi) is 3.19. The first kappa shape index (κ1) is 11.5. The standard InChI is InChI=1S/C12H14FNOS/c1-8(9-2-4-10(13)5-3-9)14-7-11(16)6-12(14)15/h2-5,8,11,16H,6-7H2,1H3. The fraction of sp³-hybridized carbons (Fsp3) is 0.417. The van der Waals surface area contributed by atoms with Gasteiger partial charge in [-0.15, -0.1) is 0 Å². The topological polar surface area (TPSA) is 20.3 Å². The molecule has 1 aliphatic heterocycles. The van der Waals surface area contributed by atoms with Gasteiger partial charge in [0.1, 0.15) is 5.82 Å². The van der Waals surface area contributed by atoms with Crippen molar-refractivity contribution >= 4 is 18.5 Å². The Balaban J connectivity index is 2.16. The van der Waals surface area contributed by atoms with E-state index in [1.807, 2.05) is 6.92 Å². The van der Waals surface area contributed by atoms with Crippen molar-refractivity contribution < 1.29 is 9.18 Å². The van der Waals surface area contributed by atoms with Crippen LogP contribution in [0.1, 0.15) is 24.9 Å². The van der Waals surface area contributed by atoms with Crippen molar-refractivity contribution in [2.75, 3.05) is 6.54 Å². The number of hydrogen-bond acceptors (Lipinski definition) is 2. The number of nitrogens with zero attached hydrogens (tertiary/aromatic N) is 1. The molecule has 0 spiro atoms. The van der Waals surface area contributed by atoms with Crippen LogP contribution in [0.4, 0.5) is 4.39 Å². The van der Waals surface area contributed by atoms with Crippen LogP contribution in [0, 0.1) is 5.82 Å². The maximum Gasteiger partial charge on any atom is 0.224 e. The Morgan fingerprint density at radius 1 is 1.44 bits per heavy atom. The van der Waals surface area contributed by atoms with Gasteiger partial charge in [-0.1, -0.05) is 12.1 Å². The van der Waals surface area contributed by atoms with Crippen LogP contribution in [-0.4, -0.2) is 22.6 Å². The number of hydrogen-bond donors (Lipinski definition) is 1. The zero-order valence-electron chi connectivity index (χ0n) is 9.06. The molecule has 4 heteroatoms. The average molecular weight is 239 g/mol. The summed E-state index contributed by atoms with van der Waals surface area (Å²) in [6, 6.07) is 6.28. The first-order valence-corrected chi connectivity index (χ1v) is 5.82. The average Bonchev–Trinajstić information content (AvgIpc) is 2.58. The van der Waals surface area contributed by atoms with Crippen molar-refractivity contribution in [3.63, 3.8) is 0 Å². The molecule has 1 aromatic rings. The normalized spacial score (nSPS) is 22.6. The second-order valence-electron chi connectivity index (χ2n) is 4.13. The van der Waals surface area contributed by atoms with Crippen molar-refractivity contribution in [3.05, 3.63) is 35.6 Å². The molecule has 1 heterocycles. The third kappa shape index (κ3) is 2.21. The van der Waals surface area contributed by atoms with E-state index in [0.717, 1.165) is 5.56 Å². The lowest BCUT2D eigenvalue weighted by atomic mass is 10.1. The van der Waals surface area contributed by atoms with E-state index in [-0.39, 0.29) is 23.0 Å². The predicted octanol–water partition coefficient (Wildman–Crippen LogP) is 2.42. The Hall–Kier alpha value is -1.03. The van der Waals surface area contributed by atoms with E-state index >= 15 is 0 Å². The summed E-state index contributed by atoms with van der Waals surface area (Å²) in [6.07, 6.45) is 0.495. The highest BCUT2D eigenvalue weighted by atomic mass is 32.1. The number of benzene rings is 1. The quantitative estimate of drug-likeness (QED) is 0.786. The van der Waals surface area contributed by atoms with Crippen LogP contribution in [0.25, 0.3) is 0 Å². The second-order valence-corrected chi connectivity index (χ2v) is 4.86. The molecule has 2 unspecified atom stereocenters. The molecule has 0 bridgehead atoms. The van der Waals surface area contributed by atoms with Crippen LogP contribution in [-0.2, 0) is 4.79 Å². The summed E-state index contributed by atoms with van der Waals surface area (Å²) in [7, 11) is 0. The molecule has 0 saturated carbocycles. The molecule has 2 nitrogen and oxygen atoms in total. The third-order valence-electron chi connectivity index (χ3n) is 2.96. The number of carbonyl (C=O) groups excluding carboxylic acids is 1. The number of rotatable bonds is 2. The molecule has 2 atom stereocenters. The molecule has 1 aromatic carbocycles. The Labute approximate surface area is 99.9 Å². The lowest BCUT2D eigenvalue weighted by molar-refractivity contribution is -0.129. The number of likely N-dealkylation sites (tertiary alicyclic amines) is 1. The van der Waals surface area contributed by atoms with Crippen LogP contribution < -0.4 is 0 Å². The van der Waals surface area contributed by atoms with Gasteiger partial charge in [0.2, 0.25) is 5.91 Å². The highest BCUT2D eigenvalue weighted by Crippen LogP contribution is 2.27. The molecule has 1 amide bonds. The van der Waals surface area contributed by atoms with Crippen molar-refractivity contribution in [3.8, 4) is 0 Å². The van der Waals surface area contributed by atoms with E-state index in [9.17, 15) is 9.18 Å². The maximum atomic E-state index is 12.8. The molecule has 0 aromatic heterocycles. The first-order chi connectivity index (χ1) is 7.58. The van der Waals surface area contributed by atoms with Crippen LogP contribution in [0.2, 0.25) is 0 Å². The molecule has 2 rings (SSSR count). The van der Waals surface area contributed by atoms with E-state index in [2.05, 4.69) is 12.6 Å². The van der Waals surface area contributed by atoms with Gasteiger partial charge in [0.25, 0.3) is 0 Å². The fourth-order valence-corrected chi connectivity index (χ4v) is 2.34. The van der Waals surface area contributed by atoms with E-state index in [0.29, 0.717) is 13.0 Å². The highest BCUT2D eigenvalue weighted by Gasteiger charge is 2.31. The van der Waals surface area contributed by atoms with Gasteiger partial charge in [0.15, 0.2) is 0 Å². The second kappa shape index (κ2) is 4.45. The van der Waals surface area contributed by atoms with E-state index in [1.54, 1.807) is 17.0 Å². The number of thiol groups is 1. The Morgan fingerprint density at radius 2 is 2.06 bits per heavy atom. The molecule has 0 radical (unpaired) electrons. The predicted molar refractivity (Wildman–Crippen MR) is 63.9 cm³/mol. The summed E-state index contributed by atoms with van der Waals surface area (Å²) >= 11 is 4.31. The van der Waals surface area contributed by atoms with Crippen molar-refractivity contribution in [1.29, 1.82) is 0 Å². The molecular formula is C12H14FNOS. The summed E-state index contributed by atoms with van der Waals surface area (Å²) in [5.41, 5.74) is 0.956. The van der Waals surface area contributed by atoms with Crippen LogP contribution in [0.15, 0.2) is 24.3 Å². The smallest absolute Gasteiger partial charge is 0.224 e. The summed E-state index contributed by atoms with van der Waals surface area (Å²) in [6.45, 7) is 2.62. The molecule has 1 aliphatic rings. The van der Waals surface area contributed by atoms with Crippen molar-refractivity contribution in [2.24, 2.45) is 0 Å². The summed E-state index contributed by atoms with van der Waals surface area (Å²) in [4.78, 5) is 13.5. The van der Waals surface area contributed by atoms with Crippen LogP contribution >= 0.6 is 12.6 Å². The first-order valence-electron chi connectivity index (χ1n) is 5.31. The minimum atomic E-state index is -0.254. The third-order valence-corrected chi connectivity index (χ3v) is 3.30. The lowest BCUT2D eigenvalue weighted by Crippen LogP contribution is -2.28. The van der Waals surface area contributed by atoms with Crippen LogP contribution in [0.5, 0.6) is 0 Å². The number of halogens is 1. The Morgan fingerprint density at radius 3 is 2.56 bits per heavy atom. The molecule has 86 valence electrons. The number of carbonyl (C=O) groups is 1. The molecule has 1 fully saturated rings. The van der Waals surface area contributed by atoms with E-state index in [4.69, 9.17) is 0 Å². The van der Waals surface area contributed by atoms with Crippen molar-refractivity contribution in [1.82, 2.24) is 4.90 Å². The zero-order valence-corrected chi connectivity index (χ0v) is 9.95. The molecule has 16 heavy (non-hydrogen) atoms. The van der Waals surface area contributed by atoms with Gasteiger partial charge in [-0.25, -0.2) is 4.39 Å². The van der Waals surface area contributed by atoms with Crippen molar-refractivity contribution in [2.45, 2.75) is 24.6 Å². The molecule has 1 saturated heterocycles. The fourth-order valence-electron chi connectivity index (χ4n) is 2.01. The van der Waals surface area contributed by atoms with Gasteiger partial charge in [-0.05, 0) is 24.6 Å². The summed E-state index contributed by atoms with van der Waals surface area (Å²) < 4.78 is 12.8. The zero-order chi connectivity index (χ0) is 11.7. The molecule has 0 aliphatic carbocycles. The lowest BCUT2D eigenvalue weighted by Gasteiger charge is -2.24. The monoisotopic (exact) mass is 239 g/mol. The highest BCUT2D eigenvalue weighted by molar-refractivity contribution is 7.81. The van der Waals surface area contributed by atoms with Gasteiger partial charge in [-0.2, -0.15) is 12.6 Å². The van der Waals surface area contributed by atoms with E-state index < -0.39 is 0 Å². The van der Waals surface area contributed by atoms with Gasteiger partial charge in [0.05, 0.1) is 6.04 Å². The van der Waals surface area contributed by atoms with Gasteiger partial charge >= 0.3 is 0 Å².